The number of nitrogens with zero attached hydrogens (tertiary/aromatic N) is 1. The first kappa shape index (κ1) is 17.4. The number of amides is 2. The number of anilines is 1. The van der Waals surface area contributed by atoms with E-state index in [2.05, 4.69) is 5.32 Å². The van der Waals surface area contributed by atoms with Crippen molar-refractivity contribution in [3.8, 4) is 0 Å². The molecule has 1 aliphatic heterocycles. The average Bonchev–Trinajstić information content (AvgIpc) is 3.19. The van der Waals surface area contributed by atoms with Gasteiger partial charge in [-0.1, -0.05) is 42.2 Å². The molecule has 1 fully saturated rings. The molecular weight excluding hydrogens is 356 g/mol. The zero-order valence-corrected chi connectivity index (χ0v) is 14.9. The van der Waals surface area contributed by atoms with Gasteiger partial charge in [-0.3, -0.25) is 14.5 Å². The number of thiocarbonyl (C=S) groups is 1. The molecular formula is C18H16N2O3S2. The summed E-state index contributed by atoms with van der Waals surface area (Å²) in [6.07, 6.45) is 4.10. The van der Waals surface area contributed by atoms with Crippen LogP contribution in [0.2, 0.25) is 0 Å². The van der Waals surface area contributed by atoms with Gasteiger partial charge in [0.15, 0.2) is 0 Å². The van der Waals surface area contributed by atoms with Gasteiger partial charge in [-0.25, -0.2) is 0 Å². The Morgan fingerprint density at radius 2 is 2.04 bits per heavy atom. The number of rotatable bonds is 6. The van der Waals surface area contributed by atoms with Crippen LogP contribution < -0.4 is 5.32 Å². The van der Waals surface area contributed by atoms with Gasteiger partial charge < -0.3 is 9.73 Å². The Hall–Kier alpha value is -2.38. The van der Waals surface area contributed by atoms with Crippen molar-refractivity contribution in [2.75, 3.05) is 11.9 Å². The van der Waals surface area contributed by atoms with Gasteiger partial charge in [-0.2, -0.15) is 0 Å². The smallest absolute Gasteiger partial charge is 0.266 e. The van der Waals surface area contributed by atoms with E-state index in [1.807, 2.05) is 30.3 Å². The van der Waals surface area contributed by atoms with Crippen LogP contribution in [0.5, 0.6) is 0 Å². The second-order valence-corrected chi connectivity index (χ2v) is 7.04. The standard InChI is InChI=1S/C18H16N2O3S2/c21-16(19-13-6-2-1-3-7-13)9-4-10-20-17(22)15(25-18(20)24)12-14-8-5-11-23-14/h1-3,5-8,11-12H,4,9-10H2,(H,19,21)/b15-12+. The van der Waals surface area contributed by atoms with Gasteiger partial charge in [0.05, 0.1) is 11.2 Å². The van der Waals surface area contributed by atoms with Crippen LogP contribution in [0.3, 0.4) is 0 Å². The van der Waals surface area contributed by atoms with Gasteiger partial charge in [0.2, 0.25) is 5.91 Å². The Kier molecular flexibility index (Phi) is 5.67. The molecule has 2 heterocycles. The number of hydrogen-bond acceptors (Lipinski definition) is 5. The molecule has 7 heteroatoms. The summed E-state index contributed by atoms with van der Waals surface area (Å²) in [6.45, 7) is 0.419. The number of carbonyl (C=O) groups is 2. The third-order valence-corrected chi connectivity index (χ3v) is 4.91. The molecule has 2 aromatic rings. The van der Waals surface area contributed by atoms with Crippen LogP contribution in [-0.4, -0.2) is 27.6 Å². The SMILES string of the molecule is O=C(CCCN1C(=O)/C(=C\c2ccco2)SC1=S)Nc1ccccc1. The van der Waals surface area contributed by atoms with Crippen molar-refractivity contribution in [1.82, 2.24) is 4.90 Å². The molecule has 1 saturated heterocycles. The Labute approximate surface area is 155 Å². The summed E-state index contributed by atoms with van der Waals surface area (Å²) < 4.78 is 5.73. The zero-order chi connectivity index (χ0) is 17.6. The highest BCUT2D eigenvalue weighted by molar-refractivity contribution is 8.26. The lowest BCUT2D eigenvalue weighted by Crippen LogP contribution is -2.29. The fourth-order valence-electron chi connectivity index (χ4n) is 2.34. The molecule has 0 unspecified atom stereocenters. The summed E-state index contributed by atoms with van der Waals surface area (Å²) in [7, 11) is 0. The molecule has 1 N–H and O–H groups in total. The first-order valence-electron chi connectivity index (χ1n) is 7.77. The van der Waals surface area contributed by atoms with E-state index in [1.54, 1.807) is 24.5 Å². The van der Waals surface area contributed by atoms with Crippen LogP contribution in [0.15, 0.2) is 58.1 Å². The monoisotopic (exact) mass is 372 g/mol. The van der Waals surface area contributed by atoms with Gasteiger partial charge in [0.25, 0.3) is 5.91 Å². The summed E-state index contributed by atoms with van der Waals surface area (Å²) >= 11 is 6.52. The summed E-state index contributed by atoms with van der Waals surface area (Å²) in [5.74, 6) is 0.389. The molecule has 25 heavy (non-hydrogen) atoms. The first-order chi connectivity index (χ1) is 12.1. The minimum absolute atomic E-state index is 0.0808. The van der Waals surface area contributed by atoms with Crippen molar-refractivity contribution in [2.45, 2.75) is 12.8 Å². The molecule has 3 rings (SSSR count). The van der Waals surface area contributed by atoms with Crippen molar-refractivity contribution < 1.29 is 14.0 Å². The van der Waals surface area contributed by atoms with Gasteiger partial charge in [0, 0.05) is 24.7 Å². The molecule has 0 saturated carbocycles. The van der Waals surface area contributed by atoms with Crippen molar-refractivity contribution in [1.29, 1.82) is 0 Å². The van der Waals surface area contributed by atoms with Gasteiger partial charge in [0.1, 0.15) is 10.1 Å². The summed E-state index contributed by atoms with van der Waals surface area (Å²) in [4.78, 5) is 26.4. The molecule has 0 bridgehead atoms. The van der Waals surface area contributed by atoms with Crippen molar-refractivity contribution >= 4 is 51.9 Å². The van der Waals surface area contributed by atoms with Crippen LogP contribution in [0, 0.1) is 0 Å². The average molecular weight is 372 g/mol. The lowest BCUT2D eigenvalue weighted by molar-refractivity contribution is -0.122. The van der Waals surface area contributed by atoms with Gasteiger partial charge in [-0.05, 0) is 30.7 Å². The molecule has 0 aliphatic carbocycles. The number of para-hydroxylation sites is 1. The molecule has 0 atom stereocenters. The molecule has 1 aromatic heterocycles. The van der Waals surface area contributed by atoms with E-state index in [0.717, 1.165) is 5.69 Å². The lowest BCUT2D eigenvalue weighted by atomic mass is 10.2. The largest absolute Gasteiger partial charge is 0.465 e. The number of benzene rings is 1. The highest BCUT2D eigenvalue weighted by atomic mass is 32.2. The highest BCUT2D eigenvalue weighted by Gasteiger charge is 2.31. The molecule has 128 valence electrons. The number of carbonyl (C=O) groups excluding carboxylic acids is 2. The maximum absolute atomic E-state index is 12.4. The van der Waals surface area contributed by atoms with Crippen molar-refractivity contribution in [3.05, 3.63) is 59.4 Å². The van der Waals surface area contributed by atoms with Crippen LogP contribution in [-0.2, 0) is 9.59 Å². The normalized spacial score (nSPS) is 15.8. The summed E-state index contributed by atoms with van der Waals surface area (Å²) in [5.41, 5.74) is 0.763. The summed E-state index contributed by atoms with van der Waals surface area (Å²) in [5, 5.41) is 2.82. The predicted octanol–water partition coefficient (Wildman–Crippen LogP) is 3.90. The predicted molar refractivity (Wildman–Crippen MR) is 103 cm³/mol. The van der Waals surface area contributed by atoms with E-state index < -0.39 is 0 Å². The zero-order valence-electron chi connectivity index (χ0n) is 13.3. The second kappa shape index (κ2) is 8.13. The Balaban J connectivity index is 1.50. The molecule has 2 amide bonds. The van der Waals surface area contributed by atoms with Crippen LogP contribution >= 0.6 is 24.0 Å². The maximum Gasteiger partial charge on any atom is 0.266 e. The second-order valence-electron chi connectivity index (χ2n) is 5.37. The Morgan fingerprint density at radius 1 is 1.24 bits per heavy atom. The van der Waals surface area contributed by atoms with Crippen LogP contribution in [0.25, 0.3) is 6.08 Å². The van der Waals surface area contributed by atoms with Crippen LogP contribution in [0.4, 0.5) is 5.69 Å². The molecule has 1 aromatic carbocycles. The van der Waals surface area contributed by atoms with E-state index in [-0.39, 0.29) is 11.8 Å². The molecule has 0 radical (unpaired) electrons. The molecule has 0 spiro atoms. The topological polar surface area (TPSA) is 62.6 Å². The maximum atomic E-state index is 12.4. The molecule has 1 aliphatic rings. The van der Waals surface area contributed by atoms with Gasteiger partial charge in [-0.15, -0.1) is 0 Å². The third kappa shape index (κ3) is 4.58. The van der Waals surface area contributed by atoms with Crippen molar-refractivity contribution in [2.24, 2.45) is 0 Å². The minimum Gasteiger partial charge on any atom is -0.465 e. The van der Waals surface area contributed by atoms with E-state index in [9.17, 15) is 9.59 Å². The Bertz CT molecular complexity index is 801. The lowest BCUT2D eigenvalue weighted by Gasteiger charge is -2.14. The first-order valence-corrected chi connectivity index (χ1v) is 9.00. The van der Waals surface area contributed by atoms with E-state index >= 15 is 0 Å². The quantitative estimate of drug-likeness (QED) is 0.615. The van der Waals surface area contributed by atoms with E-state index in [4.69, 9.17) is 16.6 Å². The van der Waals surface area contributed by atoms with Crippen molar-refractivity contribution in [3.63, 3.8) is 0 Å². The fraction of sp³-hybridized carbons (Fsp3) is 0.167. The number of nitrogens with one attached hydrogen (secondary N) is 1. The van der Waals surface area contributed by atoms with Gasteiger partial charge >= 0.3 is 0 Å². The fourth-order valence-corrected chi connectivity index (χ4v) is 3.63. The number of furan rings is 1. The molecule has 5 nitrogen and oxygen atoms in total. The number of thioether (sulfide) groups is 1. The highest BCUT2D eigenvalue weighted by Crippen LogP contribution is 2.32. The number of hydrogen-bond donors (Lipinski definition) is 1. The van der Waals surface area contributed by atoms with E-state index in [1.165, 1.54) is 16.7 Å². The minimum atomic E-state index is -0.144. The summed E-state index contributed by atoms with van der Waals surface area (Å²) in [6, 6.07) is 12.8. The van der Waals surface area contributed by atoms with E-state index in [0.29, 0.717) is 34.4 Å². The Morgan fingerprint density at radius 3 is 2.76 bits per heavy atom. The van der Waals surface area contributed by atoms with Crippen LogP contribution in [0.1, 0.15) is 18.6 Å². The third-order valence-electron chi connectivity index (χ3n) is 3.53.